The number of nitrogen functional groups attached to an aromatic ring is 1. The lowest BCUT2D eigenvalue weighted by molar-refractivity contribution is 1.04. The second-order valence-corrected chi connectivity index (χ2v) is 3.60. The fraction of sp³-hybridized carbons (Fsp3) is 0.222. The van der Waals surface area contributed by atoms with Crippen LogP contribution < -0.4 is 5.73 Å². The highest BCUT2D eigenvalue weighted by atomic mass is 32.1. The Hall–Kier alpha value is -1.09. The van der Waals surface area contributed by atoms with Crippen molar-refractivity contribution in [3.8, 4) is 0 Å². The van der Waals surface area contributed by atoms with Gasteiger partial charge in [-0.1, -0.05) is 18.2 Å². The molecule has 3 heteroatoms. The zero-order valence-corrected chi connectivity index (χ0v) is 7.47. The van der Waals surface area contributed by atoms with Gasteiger partial charge in [0.15, 0.2) is 5.13 Å². The van der Waals surface area contributed by atoms with Gasteiger partial charge in [0.05, 0.1) is 5.69 Å². The first-order valence-corrected chi connectivity index (χ1v) is 4.82. The second kappa shape index (κ2) is 3.11. The number of nitrogens with two attached hydrogens (primary N) is 1. The molecule has 0 saturated heterocycles. The fourth-order valence-electron chi connectivity index (χ4n) is 1.22. The average Bonchev–Trinajstić information content (AvgIpc) is 2.54. The van der Waals surface area contributed by atoms with Crippen LogP contribution in [0.4, 0.5) is 5.13 Å². The number of hydrogen-bond donors (Lipinski definition) is 1. The second-order valence-electron chi connectivity index (χ2n) is 2.71. The molecule has 2 rings (SSSR count). The van der Waals surface area contributed by atoms with Gasteiger partial charge < -0.3 is 5.73 Å². The van der Waals surface area contributed by atoms with E-state index in [1.54, 1.807) is 0 Å². The topological polar surface area (TPSA) is 38.9 Å². The Morgan fingerprint density at radius 3 is 2.92 bits per heavy atom. The molecule has 0 bridgehead atoms. The Kier molecular flexibility index (Phi) is 1.96. The van der Waals surface area contributed by atoms with Gasteiger partial charge in [-0.2, -0.15) is 0 Å². The molecule has 0 amide bonds. The van der Waals surface area contributed by atoms with Gasteiger partial charge in [-0.15, -0.1) is 11.3 Å². The zero-order valence-electron chi connectivity index (χ0n) is 6.66. The van der Waals surface area contributed by atoms with Crippen LogP contribution in [-0.2, 0) is 0 Å². The molecular weight excluding hydrogens is 168 g/mol. The molecule has 0 aromatic carbocycles. The maximum Gasteiger partial charge on any atom is 0.180 e. The Bertz CT molecular complexity index is 336. The van der Waals surface area contributed by atoms with E-state index in [2.05, 4.69) is 23.2 Å². The van der Waals surface area contributed by atoms with E-state index < -0.39 is 0 Å². The lowest BCUT2D eigenvalue weighted by Crippen LogP contribution is -1.87. The maximum absolute atomic E-state index is 5.54. The molecule has 1 aromatic heterocycles. The molecule has 12 heavy (non-hydrogen) atoms. The summed E-state index contributed by atoms with van der Waals surface area (Å²) in [5, 5.41) is 2.64. The summed E-state index contributed by atoms with van der Waals surface area (Å²) in [6, 6.07) is 0. The molecule has 2 N–H and O–H groups in total. The van der Waals surface area contributed by atoms with Crippen molar-refractivity contribution in [1.29, 1.82) is 0 Å². The van der Waals surface area contributed by atoms with Crippen molar-refractivity contribution in [2.24, 2.45) is 0 Å². The van der Waals surface area contributed by atoms with Crippen molar-refractivity contribution in [2.75, 3.05) is 5.73 Å². The van der Waals surface area contributed by atoms with Gasteiger partial charge in [0.25, 0.3) is 0 Å². The van der Waals surface area contributed by atoms with Gasteiger partial charge in [0.1, 0.15) is 0 Å². The number of rotatable bonds is 1. The van der Waals surface area contributed by atoms with Crippen LogP contribution in [-0.4, -0.2) is 4.98 Å². The minimum absolute atomic E-state index is 0.643. The summed E-state index contributed by atoms with van der Waals surface area (Å²) in [6.07, 6.45) is 8.74. The van der Waals surface area contributed by atoms with E-state index in [0.29, 0.717) is 5.13 Å². The summed E-state index contributed by atoms with van der Waals surface area (Å²) < 4.78 is 0. The van der Waals surface area contributed by atoms with Crippen LogP contribution in [0.5, 0.6) is 0 Å². The Balaban J connectivity index is 2.30. The van der Waals surface area contributed by atoms with E-state index in [0.717, 1.165) is 18.5 Å². The van der Waals surface area contributed by atoms with Crippen LogP contribution in [0, 0.1) is 0 Å². The molecule has 2 nitrogen and oxygen atoms in total. The van der Waals surface area contributed by atoms with Crippen LogP contribution in [0.15, 0.2) is 23.6 Å². The van der Waals surface area contributed by atoms with Crippen LogP contribution in [0.3, 0.4) is 0 Å². The molecule has 0 fully saturated rings. The highest BCUT2D eigenvalue weighted by molar-refractivity contribution is 7.13. The van der Waals surface area contributed by atoms with Crippen molar-refractivity contribution < 1.29 is 0 Å². The quantitative estimate of drug-likeness (QED) is 0.717. The minimum Gasteiger partial charge on any atom is -0.375 e. The molecule has 0 radical (unpaired) electrons. The van der Waals surface area contributed by atoms with E-state index in [1.165, 1.54) is 16.9 Å². The summed E-state index contributed by atoms with van der Waals surface area (Å²) in [7, 11) is 0. The number of hydrogen-bond acceptors (Lipinski definition) is 3. The van der Waals surface area contributed by atoms with Gasteiger partial charge in [-0.25, -0.2) is 4.98 Å². The maximum atomic E-state index is 5.54. The number of aromatic nitrogens is 1. The molecule has 0 unspecified atom stereocenters. The number of thiazole rings is 1. The van der Waals surface area contributed by atoms with Crippen molar-refractivity contribution >= 4 is 22.0 Å². The number of nitrogens with zero attached hydrogens (tertiary/aromatic N) is 1. The molecule has 0 atom stereocenters. The van der Waals surface area contributed by atoms with E-state index in [-0.39, 0.29) is 0 Å². The molecular formula is C9H10N2S. The summed E-state index contributed by atoms with van der Waals surface area (Å²) in [6.45, 7) is 0. The highest BCUT2D eigenvalue weighted by Gasteiger charge is 2.04. The monoisotopic (exact) mass is 178 g/mol. The smallest absolute Gasteiger partial charge is 0.180 e. The van der Waals surface area contributed by atoms with Crippen molar-refractivity contribution in [1.82, 2.24) is 4.98 Å². The fourth-order valence-corrected chi connectivity index (χ4v) is 1.80. The lowest BCUT2D eigenvalue weighted by Gasteiger charge is -2.02. The molecule has 0 saturated carbocycles. The third kappa shape index (κ3) is 1.41. The largest absolute Gasteiger partial charge is 0.375 e. The normalized spacial score (nSPS) is 16.2. The third-order valence-electron chi connectivity index (χ3n) is 1.81. The van der Waals surface area contributed by atoms with E-state index in [1.807, 2.05) is 5.38 Å². The van der Waals surface area contributed by atoms with Gasteiger partial charge in [-0.3, -0.25) is 0 Å². The molecule has 0 aliphatic heterocycles. The summed E-state index contributed by atoms with van der Waals surface area (Å²) >= 11 is 1.49. The summed E-state index contributed by atoms with van der Waals surface area (Å²) in [5.74, 6) is 0. The molecule has 1 heterocycles. The molecule has 1 aliphatic carbocycles. The Morgan fingerprint density at radius 2 is 2.33 bits per heavy atom. The van der Waals surface area contributed by atoms with Crippen molar-refractivity contribution in [3.63, 3.8) is 0 Å². The molecule has 0 spiro atoms. The average molecular weight is 178 g/mol. The van der Waals surface area contributed by atoms with Crippen LogP contribution in [0.25, 0.3) is 5.57 Å². The molecule has 1 aliphatic rings. The van der Waals surface area contributed by atoms with Crippen LogP contribution >= 0.6 is 11.3 Å². The van der Waals surface area contributed by atoms with Gasteiger partial charge >= 0.3 is 0 Å². The standard InChI is InChI=1S/C9H10N2S/c10-9-11-8(6-12-9)7-4-2-1-3-5-7/h2,4-6H,1,3H2,(H2,10,11). The van der Waals surface area contributed by atoms with Gasteiger partial charge in [0, 0.05) is 5.38 Å². The summed E-state index contributed by atoms with van der Waals surface area (Å²) in [4.78, 5) is 4.21. The first-order chi connectivity index (χ1) is 5.86. The molecule has 62 valence electrons. The van der Waals surface area contributed by atoms with E-state index in [4.69, 9.17) is 5.73 Å². The van der Waals surface area contributed by atoms with Crippen molar-refractivity contribution in [2.45, 2.75) is 12.8 Å². The molecule has 1 aromatic rings. The van der Waals surface area contributed by atoms with Crippen LogP contribution in [0.2, 0.25) is 0 Å². The van der Waals surface area contributed by atoms with Gasteiger partial charge in [0.2, 0.25) is 0 Å². The Labute approximate surface area is 75.4 Å². The predicted octanol–water partition coefficient (Wildman–Crippen LogP) is 2.46. The van der Waals surface area contributed by atoms with Crippen LogP contribution in [0.1, 0.15) is 18.5 Å². The third-order valence-corrected chi connectivity index (χ3v) is 2.49. The van der Waals surface area contributed by atoms with E-state index >= 15 is 0 Å². The first kappa shape index (κ1) is 7.55. The van der Waals surface area contributed by atoms with Crippen molar-refractivity contribution in [3.05, 3.63) is 29.3 Å². The van der Waals surface area contributed by atoms with Gasteiger partial charge in [-0.05, 0) is 18.4 Å². The Morgan fingerprint density at radius 1 is 1.42 bits per heavy atom. The number of anilines is 1. The zero-order chi connectivity index (χ0) is 8.39. The first-order valence-electron chi connectivity index (χ1n) is 3.94. The highest BCUT2D eigenvalue weighted by Crippen LogP contribution is 2.23. The van der Waals surface area contributed by atoms with E-state index in [9.17, 15) is 0 Å². The predicted molar refractivity (Wildman–Crippen MR) is 52.9 cm³/mol. The minimum atomic E-state index is 0.643. The SMILES string of the molecule is Nc1nc(C2=CCCC=C2)cs1. The summed E-state index contributed by atoms with van der Waals surface area (Å²) in [5.41, 5.74) is 7.75. The lowest BCUT2D eigenvalue weighted by atomic mass is 10.1. The number of allylic oxidation sites excluding steroid dienone is 4.